The molecule has 0 radical (unpaired) electrons. The molecule has 1 saturated carbocycles. The van der Waals surface area contributed by atoms with Gasteiger partial charge in [-0.1, -0.05) is 25.1 Å². The number of benzene rings is 1. The van der Waals surface area contributed by atoms with Gasteiger partial charge in [0, 0.05) is 12.1 Å². The van der Waals surface area contributed by atoms with Crippen LogP contribution in [0, 0.1) is 0 Å². The van der Waals surface area contributed by atoms with Crippen molar-refractivity contribution >= 4 is 0 Å². The zero-order chi connectivity index (χ0) is 11.0. The second-order valence-electron chi connectivity index (χ2n) is 5.29. The van der Waals surface area contributed by atoms with Crippen LogP contribution in [-0.2, 0) is 19.3 Å². The van der Waals surface area contributed by atoms with Gasteiger partial charge in [0.05, 0.1) is 0 Å². The van der Waals surface area contributed by atoms with Crippen LogP contribution < -0.4 is 5.32 Å². The van der Waals surface area contributed by atoms with Gasteiger partial charge in [0.2, 0.25) is 0 Å². The van der Waals surface area contributed by atoms with Crippen LogP contribution in [-0.4, -0.2) is 12.1 Å². The Bertz CT molecular complexity index is 365. The molecule has 86 valence electrons. The Morgan fingerprint density at radius 1 is 1.19 bits per heavy atom. The quantitative estimate of drug-likeness (QED) is 0.817. The summed E-state index contributed by atoms with van der Waals surface area (Å²) >= 11 is 0. The fourth-order valence-corrected chi connectivity index (χ4v) is 2.92. The van der Waals surface area contributed by atoms with E-state index in [0.717, 1.165) is 12.1 Å². The van der Waals surface area contributed by atoms with Gasteiger partial charge in [0.1, 0.15) is 0 Å². The highest BCUT2D eigenvalue weighted by atomic mass is 15.0. The van der Waals surface area contributed by atoms with Crippen LogP contribution >= 0.6 is 0 Å². The predicted molar refractivity (Wildman–Crippen MR) is 67.8 cm³/mol. The fourth-order valence-electron chi connectivity index (χ4n) is 2.92. The van der Waals surface area contributed by atoms with E-state index in [2.05, 4.69) is 30.4 Å². The van der Waals surface area contributed by atoms with Crippen molar-refractivity contribution in [3.8, 4) is 0 Å². The number of hydrogen-bond acceptors (Lipinski definition) is 1. The molecule has 1 nitrogen and oxygen atoms in total. The third-order valence-corrected chi connectivity index (χ3v) is 4.01. The molecule has 1 N–H and O–H groups in total. The van der Waals surface area contributed by atoms with Crippen molar-refractivity contribution in [2.75, 3.05) is 0 Å². The second-order valence-corrected chi connectivity index (χ2v) is 5.29. The molecule has 2 aliphatic rings. The summed E-state index contributed by atoms with van der Waals surface area (Å²) in [6.45, 7) is 2.27. The molecular formula is C15H21N. The first-order valence-electron chi connectivity index (χ1n) is 6.72. The summed E-state index contributed by atoms with van der Waals surface area (Å²) in [4.78, 5) is 0. The smallest absolute Gasteiger partial charge is 0.0113 e. The zero-order valence-electron chi connectivity index (χ0n) is 10.1. The molecule has 16 heavy (non-hydrogen) atoms. The maximum atomic E-state index is 3.78. The number of nitrogens with one attached hydrogen (secondary N) is 1. The first-order valence-corrected chi connectivity index (χ1v) is 6.72. The van der Waals surface area contributed by atoms with E-state index in [1.54, 1.807) is 16.7 Å². The molecule has 1 atom stereocenters. The highest BCUT2D eigenvalue weighted by Crippen LogP contribution is 2.28. The summed E-state index contributed by atoms with van der Waals surface area (Å²) in [7, 11) is 0. The Kier molecular flexibility index (Phi) is 2.72. The number of hydrogen-bond donors (Lipinski definition) is 1. The molecule has 0 saturated heterocycles. The summed E-state index contributed by atoms with van der Waals surface area (Å²) in [5, 5.41) is 3.78. The van der Waals surface area contributed by atoms with Gasteiger partial charge in [-0.15, -0.1) is 0 Å². The zero-order valence-corrected chi connectivity index (χ0v) is 10.1. The lowest BCUT2D eigenvalue weighted by molar-refractivity contribution is 0.454. The molecule has 0 aliphatic heterocycles. The van der Waals surface area contributed by atoms with Crippen molar-refractivity contribution in [2.45, 2.75) is 57.5 Å². The van der Waals surface area contributed by atoms with Gasteiger partial charge in [0.15, 0.2) is 0 Å². The van der Waals surface area contributed by atoms with Crippen LogP contribution in [0.15, 0.2) is 18.2 Å². The molecule has 0 aromatic heterocycles. The van der Waals surface area contributed by atoms with E-state index in [1.165, 1.54) is 38.5 Å². The number of aryl methyl sites for hydroxylation is 2. The van der Waals surface area contributed by atoms with Crippen LogP contribution in [0.2, 0.25) is 0 Å². The largest absolute Gasteiger partial charge is 0.311 e. The Labute approximate surface area is 98.3 Å². The Hall–Kier alpha value is -0.820. The maximum absolute atomic E-state index is 3.78. The summed E-state index contributed by atoms with van der Waals surface area (Å²) in [6.07, 6.45) is 7.84. The summed E-state index contributed by atoms with van der Waals surface area (Å²) < 4.78 is 0. The van der Waals surface area contributed by atoms with Crippen LogP contribution in [0.5, 0.6) is 0 Å². The van der Waals surface area contributed by atoms with Gasteiger partial charge >= 0.3 is 0 Å². The molecular weight excluding hydrogens is 194 g/mol. The minimum absolute atomic E-state index is 0.743. The van der Waals surface area contributed by atoms with Gasteiger partial charge in [-0.25, -0.2) is 0 Å². The molecule has 1 unspecified atom stereocenters. The molecule has 0 spiro atoms. The number of fused-ring (bicyclic) bond motifs is 1. The van der Waals surface area contributed by atoms with Crippen LogP contribution in [0.1, 0.15) is 42.9 Å². The third kappa shape index (κ3) is 2.01. The maximum Gasteiger partial charge on any atom is 0.0113 e. The van der Waals surface area contributed by atoms with E-state index in [4.69, 9.17) is 0 Å². The van der Waals surface area contributed by atoms with Gasteiger partial charge in [0.25, 0.3) is 0 Å². The lowest BCUT2D eigenvalue weighted by Gasteiger charge is -2.27. The SMILES string of the molecule is CCc1cccc2c1CC(NC1CC1)CC2. The molecule has 0 heterocycles. The fraction of sp³-hybridized carbons (Fsp3) is 0.600. The highest BCUT2D eigenvalue weighted by molar-refractivity contribution is 5.38. The Morgan fingerprint density at radius 2 is 2.06 bits per heavy atom. The van der Waals surface area contributed by atoms with Crippen molar-refractivity contribution in [1.29, 1.82) is 0 Å². The molecule has 0 bridgehead atoms. The van der Waals surface area contributed by atoms with Crippen molar-refractivity contribution in [3.63, 3.8) is 0 Å². The van der Waals surface area contributed by atoms with Gasteiger partial charge in [-0.05, 0) is 55.2 Å². The summed E-state index contributed by atoms with van der Waals surface area (Å²) in [5.41, 5.74) is 4.82. The van der Waals surface area contributed by atoms with Crippen molar-refractivity contribution < 1.29 is 0 Å². The lowest BCUT2D eigenvalue weighted by atomic mass is 9.84. The monoisotopic (exact) mass is 215 g/mol. The van der Waals surface area contributed by atoms with Gasteiger partial charge in [-0.2, -0.15) is 0 Å². The van der Waals surface area contributed by atoms with Crippen LogP contribution in [0.25, 0.3) is 0 Å². The average molecular weight is 215 g/mol. The minimum Gasteiger partial charge on any atom is -0.311 e. The van der Waals surface area contributed by atoms with Crippen LogP contribution in [0.3, 0.4) is 0 Å². The highest BCUT2D eigenvalue weighted by Gasteiger charge is 2.27. The van der Waals surface area contributed by atoms with E-state index in [0.29, 0.717) is 0 Å². The Balaban J connectivity index is 1.79. The average Bonchev–Trinajstić information content (AvgIpc) is 3.12. The van der Waals surface area contributed by atoms with Crippen molar-refractivity contribution in [2.24, 2.45) is 0 Å². The summed E-state index contributed by atoms with van der Waals surface area (Å²) in [6, 6.07) is 8.44. The predicted octanol–water partition coefficient (Wildman–Crippen LogP) is 2.86. The third-order valence-electron chi connectivity index (χ3n) is 4.01. The van der Waals surface area contributed by atoms with Crippen LogP contribution in [0.4, 0.5) is 0 Å². The van der Waals surface area contributed by atoms with Gasteiger partial charge < -0.3 is 5.32 Å². The first kappa shape index (κ1) is 10.3. The molecule has 1 aromatic carbocycles. The van der Waals surface area contributed by atoms with Crippen molar-refractivity contribution in [3.05, 3.63) is 34.9 Å². The van der Waals surface area contributed by atoms with E-state index in [9.17, 15) is 0 Å². The van der Waals surface area contributed by atoms with E-state index >= 15 is 0 Å². The normalized spacial score (nSPS) is 24.2. The minimum atomic E-state index is 0.743. The van der Waals surface area contributed by atoms with E-state index in [-0.39, 0.29) is 0 Å². The van der Waals surface area contributed by atoms with Gasteiger partial charge in [-0.3, -0.25) is 0 Å². The topological polar surface area (TPSA) is 12.0 Å². The second kappa shape index (κ2) is 4.21. The lowest BCUT2D eigenvalue weighted by Crippen LogP contribution is -2.36. The molecule has 0 amide bonds. The van der Waals surface area contributed by atoms with Crippen molar-refractivity contribution in [1.82, 2.24) is 5.32 Å². The Morgan fingerprint density at radius 3 is 2.81 bits per heavy atom. The van der Waals surface area contributed by atoms with E-state index in [1.807, 2.05) is 0 Å². The standard InChI is InChI=1S/C15H21N/c1-2-11-4-3-5-12-6-7-14(10-15(11)12)16-13-8-9-13/h3-5,13-14,16H,2,6-10H2,1H3. The molecule has 1 fully saturated rings. The first-order chi connectivity index (χ1) is 7.86. The summed E-state index contributed by atoms with van der Waals surface area (Å²) in [5.74, 6) is 0. The van der Waals surface area contributed by atoms with E-state index < -0.39 is 0 Å². The molecule has 3 rings (SSSR count). The molecule has 1 aromatic rings. The molecule has 2 aliphatic carbocycles. The molecule has 1 heteroatoms. The number of rotatable bonds is 3.